The summed E-state index contributed by atoms with van der Waals surface area (Å²) < 4.78 is 5.37. The number of hydrogen-bond donors (Lipinski definition) is 1. The van der Waals surface area contributed by atoms with E-state index in [1.165, 1.54) is 0 Å². The lowest BCUT2D eigenvalue weighted by atomic mass is 10.1. The first-order chi connectivity index (χ1) is 6.15. The van der Waals surface area contributed by atoms with E-state index >= 15 is 0 Å². The molecule has 0 saturated carbocycles. The van der Waals surface area contributed by atoms with Gasteiger partial charge in [0.05, 0.1) is 12.7 Å². The van der Waals surface area contributed by atoms with Gasteiger partial charge in [0, 0.05) is 25.6 Å². The minimum Gasteiger partial charge on any atom is -0.373 e. The van der Waals surface area contributed by atoms with Gasteiger partial charge in [0.15, 0.2) is 0 Å². The summed E-state index contributed by atoms with van der Waals surface area (Å²) >= 11 is 0. The summed E-state index contributed by atoms with van der Waals surface area (Å²) in [4.78, 5) is 13.4. The monoisotopic (exact) mass is 186 g/mol. The van der Waals surface area contributed by atoms with Crippen LogP contribution in [0.5, 0.6) is 0 Å². The molecular formula is C9H18N2O2. The maximum absolute atomic E-state index is 11.6. The van der Waals surface area contributed by atoms with Crippen LogP contribution in [0, 0.1) is 5.92 Å². The highest BCUT2D eigenvalue weighted by Crippen LogP contribution is 2.08. The first kappa shape index (κ1) is 10.5. The molecule has 0 bridgehead atoms. The van der Waals surface area contributed by atoms with Crippen LogP contribution < -0.4 is 5.73 Å². The van der Waals surface area contributed by atoms with Crippen LogP contribution >= 0.6 is 0 Å². The highest BCUT2D eigenvalue weighted by Gasteiger charge is 2.24. The minimum atomic E-state index is 0.0245. The Kier molecular flexibility index (Phi) is 3.69. The fourth-order valence-corrected chi connectivity index (χ4v) is 1.43. The van der Waals surface area contributed by atoms with Crippen molar-refractivity contribution in [3.63, 3.8) is 0 Å². The molecule has 0 aromatic heterocycles. The fourth-order valence-electron chi connectivity index (χ4n) is 1.43. The van der Waals surface area contributed by atoms with Gasteiger partial charge in [-0.1, -0.05) is 13.8 Å². The van der Waals surface area contributed by atoms with E-state index in [2.05, 4.69) is 0 Å². The zero-order valence-corrected chi connectivity index (χ0v) is 8.32. The highest BCUT2D eigenvalue weighted by atomic mass is 16.5. The lowest BCUT2D eigenvalue weighted by Crippen LogP contribution is -2.49. The summed E-state index contributed by atoms with van der Waals surface area (Å²) in [6.45, 7) is 6.27. The topological polar surface area (TPSA) is 55.6 Å². The van der Waals surface area contributed by atoms with Crippen molar-refractivity contribution in [3.05, 3.63) is 0 Å². The van der Waals surface area contributed by atoms with Crippen LogP contribution in [-0.2, 0) is 9.53 Å². The van der Waals surface area contributed by atoms with Crippen molar-refractivity contribution in [2.24, 2.45) is 11.7 Å². The average molecular weight is 186 g/mol. The van der Waals surface area contributed by atoms with Gasteiger partial charge < -0.3 is 15.4 Å². The average Bonchev–Trinajstić information content (AvgIpc) is 2.16. The molecule has 4 heteroatoms. The molecule has 1 fully saturated rings. The number of nitrogens with zero attached hydrogens (tertiary/aromatic N) is 1. The molecule has 1 atom stereocenters. The molecule has 76 valence electrons. The smallest absolute Gasteiger partial charge is 0.225 e. The van der Waals surface area contributed by atoms with E-state index in [0.29, 0.717) is 26.2 Å². The number of carbonyl (C=O) groups is 1. The van der Waals surface area contributed by atoms with Gasteiger partial charge >= 0.3 is 0 Å². The zero-order chi connectivity index (χ0) is 9.84. The normalized spacial score (nSPS) is 23.7. The lowest BCUT2D eigenvalue weighted by Gasteiger charge is -2.33. The third kappa shape index (κ3) is 2.67. The SMILES string of the molecule is CC(C)C(=O)N1CCO[C@H](CN)C1. The quantitative estimate of drug-likeness (QED) is 0.651. The van der Waals surface area contributed by atoms with Gasteiger partial charge in [-0.05, 0) is 0 Å². The van der Waals surface area contributed by atoms with Crippen LogP contribution in [0.25, 0.3) is 0 Å². The molecule has 1 heterocycles. The summed E-state index contributed by atoms with van der Waals surface area (Å²) in [7, 11) is 0. The molecular weight excluding hydrogens is 168 g/mol. The van der Waals surface area contributed by atoms with E-state index in [4.69, 9.17) is 10.5 Å². The Hall–Kier alpha value is -0.610. The third-order valence-corrected chi connectivity index (χ3v) is 2.21. The molecule has 1 saturated heterocycles. The van der Waals surface area contributed by atoms with E-state index in [0.717, 1.165) is 0 Å². The predicted octanol–water partition coefficient (Wildman–Crippen LogP) is -0.171. The Morgan fingerprint density at radius 3 is 2.92 bits per heavy atom. The second-order valence-corrected chi connectivity index (χ2v) is 3.67. The molecule has 0 radical (unpaired) electrons. The molecule has 0 aliphatic carbocycles. The van der Waals surface area contributed by atoms with Gasteiger partial charge in [-0.15, -0.1) is 0 Å². The number of ether oxygens (including phenoxy) is 1. The highest BCUT2D eigenvalue weighted by molar-refractivity contribution is 5.78. The van der Waals surface area contributed by atoms with Gasteiger partial charge in [-0.3, -0.25) is 4.79 Å². The Morgan fingerprint density at radius 2 is 2.38 bits per heavy atom. The number of nitrogens with two attached hydrogens (primary N) is 1. The van der Waals surface area contributed by atoms with Crippen LogP contribution in [-0.4, -0.2) is 43.2 Å². The molecule has 0 unspecified atom stereocenters. The van der Waals surface area contributed by atoms with Crippen LogP contribution in [0.3, 0.4) is 0 Å². The predicted molar refractivity (Wildman–Crippen MR) is 50.2 cm³/mol. The van der Waals surface area contributed by atoms with Gasteiger partial charge in [0.1, 0.15) is 0 Å². The van der Waals surface area contributed by atoms with Crippen LogP contribution in [0.4, 0.5) is 0 Å². The maximum Gasteiger partial charge on any atom is 0.225 e. The van der Waals surface area contributed by atoms with E-state index < -0.39 is 0 Å². The Morgan fingerprint density at radius 1 is 1.69 bits per heavy atom. The second-order valence-electron chi connectivity index (χ2n) is 3.67. The summed E-state index contributed by atoms with van der Waals surface area (Å²) in [6.07, 6.45) is 0.0245. The van der Waals surface area contributed by atoms with E-state index in [-0.39, 0.29) is 17.9 Å². The van der Waals surface area contributed by atoms with Gasteiger partial charge in [-0.25, -0.2) is 0 Å². The molecule has 0 spiro atoms. The van der Waals surface area contributed by atoms with Crippen molar-refractivity contribution in [2.75, 3.05) is 26.2 Å². The fraction of sp³-hybridized carbons (Fsp3) is 0.889. The van der Waals surface area contributed by atoms with Gasteiger partial charge in [-0.2, -0.15) is 0 Å². The molecule has 1 aliphatic rings. The molecule has 13 heavy (non-hydrogen) atoms. The maximum atomic E-state index is 11.6. The molecule has 1 amide bonds. The summed E-state index contributed by atoms with van der Waals surface area (Å²) in [5.41, 5.74) is 5.48. The Balaban J connectivity index is 2.46. The van der Waals surface area contributed by atoms with E-state index in [1.54, 1.807) is 0 Å². The van der Waals surface area contributed by atoms with Crippen LogP contribution in [0.1, 0.15) is 13.8 Å². The van der Waals surface area contributed by atoms with Crippen molar-refractivity contribution in [1.82, 2.24) is 4.90 Å². The van der Waals surface area contributed by atoms with Gasteiger partial charge in [0.25, 0.3) is 0 Å². The Labute approximate surface area is 79.0 Å². The second kappa shape index (κ2) is 4.58. The van der Waals surface area contributed by atoms with Crippen molar-refractivity contribution in [2.45, 2.75) is 20.0 Å². The summed E-state index contributed by atoms with van der Waals surface area (Å²) in [6, 6.07) is 0. The minimum absolute atomic E-state index is 0.0245. The molecule has 1 aliphatic heterocycles. The number of hydrogen-bond acceptors (Lipinski definition) is 3. The molecule has 1 rings (SSSR count). The number of morpholine rings is 1. The van der Waals surface area contributed by atoms with Crippen molar-refractivity contribution in [1.29, 1.82) is 0 Å². The van der Waals surface area contributed by atoms with Crippen molar-refractivity contribution in [3.8, 4) is 0 Å². The number of carbonyl (C=O) groups excluding carboxylic acids is 1. The van der Waals surface area contributed by atoms with Gasteiger partial charge in [0.2, 0.25) is 5.91 Å². The van der Waals surface area contributed by atoms with Crippen LogP contribution in [0.15, 0.2) is 0 Å². The summed E-state index contributed by atoms with van der Waals surface area (Å²) in [5.74, 6) is 0.262. The third-order valence-electron chi connectivity index (χ3n) is 2.21. The number of amides is 1. The number of rotatable bonds is 2. The zero-order valence-electron chi connectivity index (χ0n) is 8.32. The first-order valence-corrected chi connectivity index (χ1v) is 4.75. The largest absolute Gasteiger partial charge is 0.373 e. The lowest BCUT2D eigenvalue weighted by molar-refractivity contribution is -0.141. The molecule has 0 aromatic carbocycles. The van der Waals surface area contributed by atoms with E-state index in [9.17, 15) is 4.79 Å². The standard InChI is InChI=1S/C9H18N2O2/c1-7(2)9(12)11-3-4-13-8(5-10)6-11/h7-8H,3-6,10H2,1-2H3/t8-/m1/s1. The van der Waals surface area contributed by atoms with Crippen molar-refractivity contribution >= 4 is 5.91 Å². The first-order valence-electron chi connectivity index (χ1n) is 4.75. The van der Waals surface area contributed by atoms with Crippen molar-refractivity contribution < 1.29 is 9.53 Å². The molecule has 2 N–H and O–H groups in total. The van der Waals surface area contributed by atoms with E-state index in [1.807, 2.05) is 18.7 Å². The van der Waals surface area contributed by atoms with Crippen LogP contribution in [0.2, 0.25) is 0 Å². The Bertz CT molecular complexity index is 182. The summed E-state index contributed by atoms with van der Waals surface area (Å²) in [5, 5.41) is 0. The molecule has 0 aromatic rings. The molecule has 4 nitrogen and oxygen atoms in total.